The van der Waals surface area contributed by atoms with Gasteiger partial charge >= 0.3 is 0 Å². The van der Waals surface area contributed by atoms with Gasteiger partial charge in [0.25, 0.3) is 0 Å². The average Bonchev–Trinajstić information content (AvgIpc) is 3.62. The van der Waals surface area contributed by atoms with Crippen LogP contribution in [0, 0.1) is 6.92 Å². The van der Waals surface area contributed by atoms with E-state index in [-0.39, 0.29) is 11.9 Å². The summed E-state index contributed by atoms with van der Waals surface area (Å²) >= 11 is 12.9. The molecule has 2 aromatic carbocycles. The second kappa shape index (κ2) is 10.1. The summed E-state index contributed by atoms with van der Waals surface area (Å²) in [7, 11) is 0. The van der Waals surface area contributed by atoms with Gasteiger partial charge < -0.3 is 25.1 Å². The van der Waals surface area contributed by atoms with Crippen LogP contribution in [0.4, 0.5) is 5.69 Å². The number of aryl methyl sites for hydroxylation is 1. The van der Waals surface area contributed by atoms with Gasteiger partial charge in [0.2, 0.25) is 0 Å². The molecule has 1 saturated heterocycles. The van der Waals surface area contributed by atoms with Crippen molar-refractivity contribution in [2.75, 3.05) is 18.0 Å². The van der Waals surface area contributed by atoms with E-state index < -0.39 is 0 Å². The van der Waals surface area contributed by atoms with Crippen LogP contribution in [0.25, 0.3) is 11.3 Å². The minimum Gasteiger partial charge on any atom is -0.409 e. The Kier molecular flexibility index (Phi) is 6.91. The standard InChI is InChI=1S/C26H28Cl2N4O3/c1-15-13-17(7-8-19(15)26(29)30-33)32-11-9-18(10-12-32)34-14-20-24(31-35-25(20)16-5-6-16)23-21(27)3-2-4-22(23)28/h2-4,7-8,13,16,18,33H,5-6,9-12,14H2,1H3,(H2,29,30). The zero-order valence-electron chi connectivity index (χ0n) is 19.5. The van der Waals surface area contributed by atoms with E-state index in [4.69, 9.17) is 43.4 Å². The van der Waals surface area contributed by atoms with Crippen molar-refractivity contribution in [2.45, 2.75) is 51.2 Å². The maximum Gasteiger partial charge on any atom is 0.170 e. The van der Waals surface area contributed by atoms with Gasteiger partial charge in [-0.3, -0.25) is 0 Å². The molecule has 1 aliphatic carbocycles. The molecule has 2 heterocycles. The number of ether oxygens (including phenoxy) is 1. The summed E-state index contributed by atoms with van der Waals surface area (Å²) in [5.74, 6) is 1.42. The lowest BCUT2D eigenvalue weighted by atomic mass is 10.0. The van der Waals surface area contributed by atoms with E-state index >= 15 is 0 Å². The first-order chi connectivity index (χ1) is 17.0. The highest BCUT2D eigenvalue weighted by Gasteiger charge is 2.34. The third-order valence-electron chi connectivity index (χ3n) is 6.83. The minimum atomic E-state index is 0.123. The first-order valence-electron chi connectivity index (χ1n) is 11.8. The molecular formula is C26H28Cl2N4O3. The third-order valence-corrected chi connectivity index (χ3v) is 7.46. The molecule has 1 saturated carbocycles. The fraction of sp³-hybridized carbons (Fsp3) is 0.385. The molecule has 0 unspecified atom stereocenters. The van der Waals surface area contributed by atoms with Gasteiger partial charge in [-0.05, 0) is 68.5 Å². The van der Waals surface area contributed by atoms with Crippen molar-refractivity contribution in [1.29, 1.82) is 0 Å². The number of aromatic nitrogens is 1. The van der Waals surface area contributed by atoms with Gasteiger partial charge in [-0.1, -0.05) is 39.6 Å². The molecule has 0 bridgehead atoms. The lowest BCUT2D eigenvalue weighted by Crippen LogP contribution is -2.37. The summed E-state index contributed by atoms with van der Waals surface area (Å²) in [6, 6.07) is 11.4. The number of oxime groups is 1. The predicted molar refractivity (Wildman–Crippen MR) is 138 cm³/mol. The number of nitrogens with zero attached hydrogens (tertiary/aromatic N) is 3. The zero-order chi connectivity index (χ0) is 24.5. The van der Waals surface area contributed by atoms with Crippen LogP contribution >= 0.6 is 23.2 Å². The van der Waals surface area contributed by atoms with Gasteiger partial charge in [-0.2, -0.15) is 0 Å². The molecule has 5 rings (SSSR count). The van der Waals surface area contributed by atoms with Crippen LogP contribution in [0.2, 0.25) is 10.0 Å². The molecule has 3 aromatic rings. The molecule has 184 valence electrons. The quantitative estimate of drug-likeness (QED) is 0.171. The lowest BCUT2D eigenvalue weighted by molar-refractivity contribution is 0.0246. The van der Waals surface area contributed by atoms with Gasteiger partial charge in [-0.15, -0.1) is 0 Å². The summed E-state index contributed by atoms with van der Waals surface area (Å²) in [5, 5.41) is 17.5. The van der Waals surface area contributed by atoms with E-state index in [1.54, 1.807) is 0 Å². The van der Waals surface area contributed by atoms with E-state index in [9.17, 15) is 0 Å². The van der Waals surface area contributed by atoms with Crippen molar-refractivity contribution in [3.05, 3.63) is 68.9 Å². The Bertz CT molecular complexity index is 1230. The summed E-state index contributed by atoms with van der Waals surface area (Å²) < 4.78 is 12.1. The van der Waals surface area contributed by atoms with E-state index in [0.717, 1.165) is 66.9 Å². The van der Waals surface area contributed by atoms with Crippen LogP contribution in [-0.4, -0.2) is 35.4 Å². The predicted octanol–water partition coefficient (Wildman–Crippen LogP) is 6.11. The fourth-order valence-electron chi connectivity index (χ4n) is 4.72. The fourth-order valence-corrected chi connectivity index (χ4v) is 5.29. The van der Waals surface area contributed by atoms with Gasteiger partial charge in [0.05, 0.1) is 22.8 Å². The number of halogens is 2. The summed E-state index contributed by atoms with van der Waals surface area (Å²) in [6.45, 7) is 4.15. The molecule has 2 fully saturated rings. The summed E-state index contributed by atoms with van der Waals surface area (Å²) in [5.41, 5.74) is 10.9. The van der Waals surface area contributed by atoms with Crippen molar-refractivity contribution in [1.82, 2.24) is 5.16 Å². The number of anilines is 1. The largest absolute Gasteiger partial charge is 0.409 e. The highest BCUT2D eigenvalue weighted by molar-refractivity contribution is 6.39. The Morgan fingerprint density at radius 3 is 2.51 bits per heavy atom. The minimum absolute atomic E-state index is 0.123. The van der Waals surface area contributed by atoms with Crippen molar-refractivity contribution in [3.8, 4) is 11.3 Å². The molecular weight excluding hydrogens is 487 g/mol. The second-order valence-corrected chi connectivity index (χ2v) is 10.0. The summed E-state index contributed by atoms with van der Waals surface area (Å²) in [6.07, 6.45) is 4.16. The maximum absolute atomic E-state index is 8.95. The molecule has 3 N–H and O–H groups in total. The molecule has 1 aliphatic heterocycles. The molecule has 0 amide bonds. The van der Waals surface area contributed by atoms with Crippen molar-refractivity contribution >= 4 is 34.7 Å². The molecule has 35 heavy (non-hydrogen) atoms. The van der Waals surface area contributed by atoms with Crippen molar-refractivity contribution < 1.29 is 14.5 Å². The Balaban J connectivity index is 1.26. The molecule has 1 aromatic heterocycles. The first kappa shape index (κ1) is 24.0. The second-order valence-electron chi connectivity index (χ2n) is 9.23. The van der Waals surface area contributed by atoms with Gasteiger partial charge in [0, 0.05) is 41.4 Å². The zero-order valence-corrected chi connectivity index (χ0v) is 21.0. The molecule has 7 nitrogen and oxygen atoms in total. The number of hydrogen-bond donors (Lipinski definition) is 2. The molecule has 0 radical (unpaired) electrons. The number of rotatable bonds is 7. The van der Waals surface area contributed by atoms with Crippen LogP contribution in [0.3, 0.4) is 0 Å². The Hall–Kier alpha value is -2.74. The smallest absolute Gasteiger partial charge is 0.170 e. The average molecular weight is 515 g/mol. The Morgan fingerprint density at radius 2 is 1.89 bits per heavy atom. The van der Waals surface area contributed by atoms with Crippen molar-refractivity contribution in [3.63, 3.8) is 0 Å². The van der Waals surface area contributed by atoms with Gasteiger partial charge in [-0.25, -0.2) is 0 Å². The van der Waals surface area contributed by atoms with Crippen molar-refractivity contribution in [2.24, 2.45) is 10.9 Å². The maximum atomic E-state index is 8.95. The number of hydrogen-bond acceptors (Lipinski definition) is 6. The van der Waals surface area contributed by atoms with Crippen LogP contribution in [0.15, 0.2) is 46.1 Å². The molecule has 0 atom stereocenters. The summed E-state index contributed by atoms with van der Waals surface area (Å²) in [4.78, 5) is 2.34. The lowest BCUT2D eigenvalue weighted by Gasteiger charge is -2.34. The first-order valence-corrected chi connectivity index (χ1v) is 12.6. The number of piperidine rings is 1. The van der Waals surface area contributed by atoms with E-state index in [1.165, 1.54) is 0 Å². The molecule has 9 heteroatoms. The van der Waals surface area contributed by atoms with Gasteiger partial charge in [0.15, 0.2) is 5.84 Å². The number of amidine groups is 1. The van der Waals surface area contributed by atoms with E-state index in [0.29, 0.717) is 33.8 Å². The number of nitrogens with two attached hydrogens (primary N) is 1. The monoisotopic (exact) mass is 514 g/mol. The van der Waals surface area contributed by atoms with Crippen LogP contribution in [0.5, 0.6) is 0 Å². The van der Waals surface area contributed by atoms with Crippen LogP contribution in [-0.2, 0) is 11.3 Å². The highest BCUT2D eigenvalue weighted by atomic mass is 35.5. The van der Waals surface area contributed by atoms with Gasteiger partial charge in [0.1, 0.15) is 11.5 Å². The number of benzene rings is 2. The highest BCUT2D eigenvalue weighted by Crippen LogP contribution is 2.46. The Labute approximate surface area is 214 Å². The topological polar surface area (TPSA) is 97.1 Å². The normalized spacial score (nSPS) is 17.2. The molecule has 2 aliphatic rings. The SMILES string of the molecule is Cc1cc(N2CCC(OCc3c(-c4c(Cl)cccc4Cl)noc3C3CC3)CC2)ccc1C(N)=NO. The third kappa shape index (κ3) is 4.99. The van der Waals surface area contributed by atoms with E-state index in [1.807, 2.05) is 37.3 Å². The van der Waals surface area contributed by atoms with Crippen LogP contribution in [0.1, 0.15) is 54.1 Å². The molecule has 0 spiro atoms. The van der Waals surface area contributed by atoms with E-state index in [2.05, 4.69) is 21.3 Å². The van der Waals surface area contributed by atoms with Crippen LogP contribution < -0.4 is 10.6 Å². The Morgan fingerprint density at radius 1 is 1.17 bits per heavy atom.